The van der Waals surface area contributed by atoms with Crippen LogP contribution in [0, 0.1) is 11.8 Å². The minimum Gasteiger partial charge on any atom is -0.194 e. The van der Waals surface area contributed by atoms with E-state index in [9.17, 15) is 17.6 Å². The molecule has 0 aromatic carbocycles. The van der Waals surface area contributed by atoms with Gasteiger partial charge in [0.1, 0.15) is 0 Å². The van der Waals surface area contributed by atoms with Crippen molar-refractivity contribution in [2.75, 3.05) is 0 Å². The Labute approximate surface area is 152 Å². The monoisotopic (exact) mass is 362 g/mol. The smallest absolute Gasteiger partial charge is 0.194 e. The van der Waals surface area contributed by atoms with Crippen LogP contribution in [-0.2, 0) is 0 Å². The standard InChI is InChI=1S/C22H22F4/c1-15(2)7-8-16(3)9-12-18(5)21(23,24)22(25,26)19(6)20-13-10-17(4)11-14-20/h7-8,10,13H,1,3,5-6,11,14H2,2,4H3/b8-7-. The van der Waals surface area contributed by atoms with Crippen LogP contribution in [0.15, 0.2) is 84.1 Å². The molecule has 26 heavy (non-hydrogen) atoms. The van der Waals surface area contributed by atoms with Gasteiger partial charge in [-0.2, -0.15) is 17.6 Å². The van der Waals surface area contributed by atoms with Crippen LogP contribution in [0.1, 0.15) is 26.7 Å². The van der Waals surface area contributed by atoms with Crippen LogP contribution in [0.2, 0.25) is 0 Å². The van der Waals surface area contributed by atoms with Crippen molar-refractivity contribution in [1.82, 2.24) is 0 Å². The van der Waals surface area contributed by atoms with Crippen LogP contribution >= 0.6 is 0 Å². The maximum Gasteiger partial charge on any atom is 0.346 e. The van der Waals surface area contributed by atoms with Gasteiger partial charge in [0.25, 0.3) is 0 Å². The third kappa shape index (κ3) is 4.98. The molecule has 0 aromatic rings. The SMILES string of the molecule is C=C(C)/C=C\C(=C)C#CC(=C)C(F)(F)C(F)(F)C(=C)C1=CC=C(C)CC1. The molecule has 0 saturated heterocycles. The molecule has 0 nitrogen and oxygen atoms in total. The molecule has 1 aliphatic carbocycles. The lowest BCUT2D eigenvalue weighted by atomic mass is 9.87. The second kappa shape index (κ2) is 8.23. The highest BCUT2D eigenvalue weighted by molar-refractivity contribution is 5.48. The summed E-state index contributed by atoms with van der Waals surface area (Å²) >= 11 is 0. The predicted molar refractivity (Wildman–Crippen MR) is 100 cm³/mol. The van der Waals surface area contributed by atoms with E-state index in [2.05, 4.69) is 32.2 Å². The van der Waals surface area contributed by atoms with Crippen molar-refractivity contribution in [2.45, 2.75) is 38.5 Å². The first-order valence-corrected chi connectivity index (χ1v) is 7.95. The minimum absolute atomic E-state index is 0.106. The second-order valence-corrected chi connectivity index (χ2v) is 6.27. The fourth-order valence-electron chi connectivity index (χ4n) is 2.09. The molecule has 0 fully saturated rings. The van der Waals surface area contributed by atoms with Gasteiger partial charge in [0.15, 0.2) is 0 Å². The Hall–Kier alpha value is -2.54. The molecular weight excluding hydrogens is 340 g/mol. The average Bonchev–Trinajstić information content (AvgIpc) is 2.57. The normalized spacial score (nSPS) is 14.8. The van der Waals surface area contributed by atoms with Crippen molar-refractivity contribution in [1.29, 1.82) is 0 Å². The van der Waals surface area contributed by atoms with Crippen LogP contribution in [0.4, 0.5) is 17.6 Å². The van der Waals surface area contributed by atoms with E-state index in [1.165, 1.54) is 12.2 Å². The fraction of sp³-hybridized carbons (Fsp3) is 0.273. The summed E-state index contributed by atoms with van der Waals surface area (Å²) < 4.78 is 57.5. The molecule has 0 spiro atoms. The van der Waals surface area contributed by atoms with E-state index in [4.69, 9.17) is 0 Å². The van der Waals surface area contributed by atoms with Crippen molar-refractivity contribution < 1.29 is 17.6 Å². The van der Waals surface area contributed by atoms with Crippen molar-refractivity contribution in [3.8, 4) is 11.8 Å². The van der Waals surface area contributed by atoms with Crippen LogP contribution in [0.25, 0.3) is 0 Å². The predicted octanol–water partition coefficient (Wildman–Crippen LogP) is 6.73. The largest absolute Gasteiger partial charge is 0.346 e. The highest BCUT2D eigenvalue weighted by atomic mass is 19.3. The molecule has 0 atom stereocenters. The van der Waals surface area contributed by atoms with Gasteiger partial charge in [-0.05, 0) is 38.3 Å². The maximum atomic E-state index is 14.4. The molecule has 0 heterocycles. The van der Waals surface area contributed by atoms with Gasteiger partial charge in [0.05, 0.1) is 5.57 Å². The summed E-state index contributed by atoms with van der Waals surface area (Å²) in [6.07, 6.45) is 6.85. The van der Waals surface area contributed by atoms with E-state index >= 15 is 0 Å². The van der Waals surface area contributed by atoms with Gasteiger partial charge in [0.2, 0.25) is 0 Å². The zero-order valence-corrected chi connectivity index (χ0v) is 15.1. The molecular formula is C22H22F4. The summed E-state index contributed by atoms with van der Waals surface area (Å²) in [5, 5.41) is 0. The molecule has 0 amide bonds. The Bertz CT molecular complexity index is 790. The summed E-state index contributed by atoms with van der Waals surface area (Å²) in [7, 11) is 0. The van der Waals surface area contributed by atoms with Gasteiger partial charge in [0, 0.05) is 11.1 Å². The molecule has 0 saturated carbocycles. The van der Waals surface area contributed by atoms with Crippen molar-refractivity contribution >= 4 is 0 Å². The number of halogens is 4. The van der Waals surface area contributed by atoms with Gasteiger partial charge in [-0.1, -0.05) is 67.5 Å². The summed E-state index contributed by atoms with van der Waals surface area (Å²) in [5.41, 5.74) is -0.0948. The van der Waals surface area contributed by atoms with E-state index in [0.29, 0.717) is 12.0 Å². The molecule has 4 heteroatoms. The average molecular weight is 362 g/mol. The summed E-state index contributed by atoms with van der Waals surface area (Å²) in [5.74, 6) is -4.75. The van der Waals surface area contributed by atoms with Crippen LogP contribution in [-0.4, -0.2) is 11.8 Å². The van der Waals surface area contributed by atoms with E-state index in [0.717, 1.165) is 5.57 Å². The number of rotatable bonds is 6. The molecule has 0 N–H and O–H groups in total. The Balaban J connectivity index is 3.03. The highest BCUT2D eigenvalue weighted by Crippen LogP contribution is 2.46. The lowest BCUT2D eigenvalue weighted by Crippen LogP contribution is -2.43. The number of hydrogen-bond acceptors (Lipinski definition) is 0. The second-order valence-electron chi connectivity index (χ2n) is 6.27. The first kappa shape index (κ1) is 21.5. The van der Waals surface area contributed by atoms with Crippen LogP contribution in [0.5, 0.6) is 0 Å². The van der Waals surface area contributed by atoms with Gasteiger partial charge in [-0.25, -0.2) is 0 Å². The fourth-order valence-corrected chi connectivity index (χ4v) is 2.09. The third-order valence-corrected chi connectivity index (χ3v) is 3.84. The van der Waals surface area contributed by atoms with Crippen molar-refractivity contribution in [2.24, 2.45) is 0 Å². The molecule has 0 unspecified atom stereocenters. The van der Waals surface area contributed by atoms with Gasteiger partial charge in [-0.3, -0.25) is 0 Å². The van der Waals surface area contributed by atoms with Crippen molar-refractivity contribution in [3.05, 3.63) is 84.1 Å². The van der Waals surface area contributed by atoms with Gasteiger partial charge in [-0.15, -0.1) is 0 Å². The van der Waals surface area contributed by atoms with Crippen molar-refractivity contribution in [3.63, 3.8) is 0 Å². The summed E-state index contributed by atoms with van der Waals surface area (Å²) in [4.78, 5) is 0. The Kier molecular flexibility index (Phi) is 6.80. The maximum absolute atomic E-state index is 14.4. The minimum atomic E-state index is -4.55. The Morgan fingerprint density at radius 3 is 2.08 bits per heavy atom. The zero-order chi connectivity index (χ0) is 20.1. The van der Waals surface area contributed by atoms with E-state index in [-0.39, 0.29) is 17.6 Å². The summed E-state index contributed by atoms with van der Waals surface area (Å²) in [6.45, 7) is 17.0. The molecule has 0 radical (unpaired) electrons. The number of allylic oxidation sites excluding steroid dienone is 10. The highest BCUT2D eigenvalue weighted by Gasteiger charge is 2.60. The number of hydrogen-bond donors (Lipinski definition) is 0. The third-order valence-electron chi connectivity index (χ3n) is 3.84. The van der Waals surface area contributed by atoms with Crippen LogP contribution in [0.3, 0.4) is 0 Å². The van der Waals surface area contributed by atoms with Gasteiger partial charge >= 0.3 is 11.8 Å². The zero-order valence-electron chi connectivity index (χ0n) is 15.1. The molecule has 0 aromatic heterocycles. The van der Waals surface area contributed by atoms with E-state index in [1.807, 2.05) is 12.8 Å². The lowest BCUT2D eigenvalue weighted by molar-refractivity contribution is -0.156. The van der Waals surface area contributed by atoms with E-state index < -0.39 is 23.0 Å². The van der Waals surface area contributed by atoms with Crippen LogP contribution < -0.4 is 0 Å². The quantitative estimate of drug-likeness (QED) is 0.279. The topological polar surface area (TPSA) is 0 Å². The molecule has 1 rings (SSSR count). The Morgan fingerprint density at radius 2 is 1.58 bits per heavy atom. The first-order chi connectivity index (χ1) is 11.9. The molecule has 1 aliphatic rings. The molecule has 0 aliphatic heterocycles. The van der Waals surface area contributed by atoms with E-state index in [1.54, 1.807) is 19.1 Å². The number of alkyl halides is 4. The first-order valence-electron chi connectivity index (χ1n) is 7.95. The molecule has 138 valence electrons. The summed E-state index contributed by atoms with van der Waals surface area (Å²) in [6, 6.07) is 0. The van der Waals surface area contributed by atoms with Gasteiger partial charge < -0.3 is 0 Å². The Morgan fingerprint density at radius 1 is 0.962 bits per heavy atom. The molecule has 0 bridgehead atoms. The lowest BCUT2D eigenvalue weighted by Gasteiger charge is -2.29.